The molecule has 186 valence electrons. The number of methoxy groups -OCH3 is 1. The van der Waals surface area contributed by atoms with E-state index in [9.17, 15) is 9.59 Å². The molecule has 0 radical (unpaired) electrons. The van der Waals surface area contributed by atoms with Crippen molar-refractivity contribution in [2.75, 3.05) is 7.11 Å². The first-order chi connectivity index (χ1) is 16.4. The molecule has 2 saturated carbocycles. The number of ether oxygens (including phenoxy) is 2. The lowest BCUT2D eigenvalue weighted by Gasteiger charge is -2.27. The Morgan fingerprint density at radius 3 is 1.74 bits per heavy atom. The first kappa shape index (κ1) is 27.8. The number of rotatable bonds is 5. The van der Waals surface area contributed by atoms with Gasteiger partial charge in [-0.15, -0.1) is 0 Å². The Kier molecular flexibility index (Phi) is 12.6. The van der Waals surface area contributed by atoms with Crippen LogP contribution in [-0.2, 0) is 14.3 Å². The SMILES string of the molecule is CC1CCC(C=O)CC1.COC1CCC(c2ccc(C)cc2)CC1.Cc1ccc(OC=O)cc1. The summed E-state index contributed by atoms with van der Waals surface area (Å²) in [6.45, 7) is 6.81. The van der Waals surface area contributed by atoms with E-state index in [2.05, 4.69) is 42.8 Å². The number of hydrogen-bond acceptors (Lipinski definition) is 4. The van der Waals surface area contributed by atoms with Gasteiger partial charge in [0.1, 0.15) is 12.0 Å². The third kappa shape index (κ3) is 10.2. The molecule has 0 saturated heterocycles. The highest BCUT2D eigenvalue weighted by atomic mass is 16.5. The lowest BCUT2D eigenvalue weighted by molar-refractivity contribution is -0.120. The second kappa shape index (κ2) is 15.4. The molecular weight excluding hydrogens is 424 g/mol. The molecule has 2 aromatic rings. The first-order valence-corrected chi connectivity index (χ1v) is 12.7. The topological polar surface area (TPSA) is 52.6 Å². The molecule has 4 rings (SSSR count). The van der Waals surface area contributed by atoms with Crippen LogP contribution in [0.3, 0.4) is 0 Å². The van der Waals surface area contributed by atoms with Gasteiger partial charge in [0.05, 0.1) is 6.10 Å². The minimum atomic E-state index is 0.390. The van der Waals surface area contributed by atoms with E-state index in [1.165, 1.54) is 49.7 Å². The molecular formula is C30H42O4. The highest BCUT2D eigenvalue weighted by Gasteiger charge is 2.21. The molecule has 2 fully saturated rings. The van der Waals surface area contributed by atoms with Crippen LogP contribution in [0, 0.1) is 25.7 Å². The van der Waals surface area contributed by atoms with Crippen molar-refractivity contribution in [1.82, 2.24) is 0 Å². The van der Waals surface area contributed by atoms with Crippen LogP contribution in [-0.4, -0.2) is 26.0 Å². The van der Waals surface area contributed by atoms with E-state index in [1.54, 1.807) is 12.1 Å². The summed E-state index contributed by atoms with van der Waals surface area (Å²) in [7, 11) is 1.83. The van der Waals surface area contributed by atoms with Crippen LogP contribution in [0.2, 0.25) is 0 Å². The molecule has 0 aromatic heterocycles. The number of carbonyl (C=O) groups excluding carboxylic acids is 2. The highest BCUT2D eigenvalue weighted by molar-refractivity contribution is 5.53. The maximum absolute atomic E-state index is 10.3. The van der Waals surface area contributed by atoms with Crippen LogP contribution in [0.5, 0.6) is 5.75 Å². The first-order valence-electron chi connectivity index (χ1n) is 12.7. The summed E-state index contributed by atoms with van der Waals surface area (Å²) in [4.78, 5) is 20.1. The Balaban J connectivity index is 0.000000189. The van der Waals surface area contributed by atoms with Crippen molar-refractivity contribution in [1.29, 1.82) is 0 Å². The predicted octanol–water partition coefficient (Wildman–Crippen LogP) is 7.21. The fourth-order valence-corrected chi connectivity index (χ4v) is 4.56. The average molecular weight is 467 g/mol. The van der Waals surface area contributed by atoms with E-state index in [1.807, 2.05) is 26.2 Å². The van der Waals surface area contributed by atoms with Crippen molar-refractivity contribution < 1.29 is 19.1 Å². The Bertz CT molecular complexity index is 812. The fourth-order valence-electron chi connectivity index (χ4n) is 4.56. The van der Waals surface area contributed by atoms with Crippen LogP contribution >= 0.6 is 0 Å². The van der Waals surface area contributed by atoms with E-state index in [0.29, 0.717) is 24.2 Å². The molecule has 2 aliphatic carbocycles. The number of carbonyl (C=O) groups is 2. The van der Waals surface area contributed by atoms with Gasteiger partial charge in [0.2, 0.25) is 0 Å². The Morgan fingerprint density at radius 2 is 1.26 bits per heavy atom. The molecule has 4 nitrogen and oxygen atoms in total. The third-order valence-corrected chi connectivity index (χ3v) is 7.01. The average Bonchev–Trinajstić information content (AvgIpc) is 2.87. The smallest absolute Gasteiger partial charge is 0.298 e. The van der Waals surface area contributed by atoms with E-state index >= 15 is 0 Å². The molecule has 2 aromatic carbocycles. The second-order valence-electron chi connectivity index (χ2n) is 9.80. The zero-order chi connectivity index (χ0) is 24.8. The van der Waals surface area contributed by atoms with Gasteiger partial charge in [-0.3, -0.25) is 4.79 Å². The largest absolute Gasteiger partial charge is 0.429 e. The molecule has 0 aliphatic heterocycles. The van der Waals surface area contributed by atoms with Gasteiger partial charge < -0.3 is 14.3 Å². The molecule has 0 bridgehead atoms. The highest BCUT2D eigenvalue weighted by Crippen LogP contribution is 2.33. The summed E-state index contributed by atoms with van der Waals surface area (Å²) in [5.41, 5.74) is 4.01. The monoisotopic (exact) mass is 466 g/mol. The molecule has 0 unspecified atom stereocenters. The van der Waals surface area contributed by atoms with Crippen LogP contribution in [0.15, 0.2) is 48.5 Å². The zero-order valence-electron chi connectivity index (χ0n) is 21.4. The fraction of sp³-hybridized carbons (Fsp3) is 0.533. The zero-order valence-corrected chi connectivity index (χ0v) is 21.4. The van der Waals surface area contributed by atoms with Gasteiger partial charge in [0.15, 0.2) is 0 Å². The standard InChI is InChI=1S/C14H20O.C8H8O2.C8H14O/c1-11-3-5-12(6-4-11)13-7-9-14(15-2)10-8-13;1-7-2-4-8(5-3-7)10-6-9;1-7-2-4-8(6-9)5-3-7/h3-6,13-14H,7-10H2,1-2H3;2-6H,1H3;6-8H,2-5H2,1H3. The van der Waals surface area contributed by atoms with Crippen LogP contribution in [0.1, 0.15) is 80.9 Å². The normalized spacial score (nSPS) is 23.9. The van der Waals surface area contributed by atoms with E-state index < -0.39 is 0 Å². The molecule has 0 heterocycles. The van der Waals surface area contributed by atoms with Crippen molar-refractivity contribution in [3.63, 3.8) is 0 Å². The Labute approximate surface area is 206 Å². The molecule has 2 aliphatic rings. The Morgan fingerprint density at radius 1 is 0.735 bits per heavy atom. The maximum atomic E-state index is 10.3. The van der Waals surface area contributed by atoms with Gasteiger partial charge in [-0.05, 0) is 81.9 Å². The summed E-state index contributed by atoms with van der Waals surface area (Å²) >= 11 is 0. The van der Waals surface area contributed by atoms with Gasteiger partial charge in [0, 0.05) is 13.0 Å². The van der Waals surface area contributed by atoms with Gasteiger partial charge in [-0.1, -0.05) is 67.3 Å². The Hall–Kier alpha value is -2.46. The minimum Gasteiger partial charge on any atom is -0.429 e. The third-order valence-electron chi connectivity index (χ3n) is 7.01. The number of hydrogen-bond donors (Lipinski definition) is 0. The van der Waals surface area contributed by atoms with Crippen molar-refractivity contribution in [2.45, 2.75) is 84.2 Å². The summed E-state index contributed by atoms with van der Waals surface area (Å²) in [6.07, 6.45) is 11.4. The summed E-state index contributed by atoms with van der Waals surface area (Å²) < 4.78 is 9.97. The van der Waals surface area contributed by atoms with Gasteiger partial charge >= 0.3 is 0 Å². The van der Waals surface area contributed by atoms with Gasteiger partial charge in [0.25, 0.3) is 6.47 Å². The minimum absolute atomic E-state index is 0.390. The summed E-state index contributed by atoms with van der Waals surface area (Å²) in [5.74, 6) is 2.60. The molecule has 4 heteroatoms. The molecule has 0 N–H and O–H groups in total. The van der Waals surface area contributed by atoms with Gasteiger partial charge in [-0.25, -0.2) is 0 Å². The number of aryl methyl sites for hydroxylation is 2. The van der Waals surface area contributed by atoms with E-state index in [0.717, 1.165) is 36.5 Å². The lowest BCUT2D eigenvalue weighted by Crippen LogP contribution is -2.19. The number of aldehydes is 1. The quantitative estimate of drug-likeness (QED) is 0.437. The molecule has 34 heavy (non-hydrogen) atoms. The van der Waals surface area contributed by atoms with Crippen LogP contribution in [0.4, 0.5) is 0 Å². The lowest BCUT2D eigenvalue weighted by atomic mass is 9.82. The van der Waals surface area contributed by atoms with Crippen molar-refractivity contribution in [3.05, 3.63) is 65.2 Å². The molecule has 0 amide bonds. The van der Waals surface area contributed by atoms with Crippen molar-refractivity contribution >= 4 is 12.8 Å². The van der Waals surface area contributed by atoms with E-state index in [4.69, 9.17) is 4.74 Å². The number of benzene rings is 2. The maximum Gasteiger partial charge on any atom is 0.298 e. The van der Waals surface area contributed by atoms with Crippen LogP contribution in [0.25, 0.3) is 0 Å². The second-order valence-corrected chi connectivity index (χ2v) is 9.80. The molecule has 0 spiro atoms. The molecule has 0 atom stereocenters. The van der Waals surface area contributed by atoms with Gasteiger partial charge in [-0.2, -0.15) is 0 Å². The van der Waals surface area contributed by atoms with Crippen molar-refractivity contribution in [3.8, 4) is 5.75 Å². The van der Waals surface area contributed by atoms with Crippen LogP contribution < -0.4 is 4.74 Å². The summed E-state index contributed by atoms with van der Waals surface area (Å²) in [5, 5.41) is 0. The van der Waals surface area contributed by atoms with E-state index in [-0.39, 0.29) is 0 Å². The van der Waals surface area contributed by atoms with Crippen molar-refractivity contribution in [2.24, 2.45) is 11.8 Å². The predicted molar refractivity (Wildman–Crippen MR) is 138 cm³/mol. The summed E-state index contributed by atoms with van der Waals surface area (Å²) in [6, 6.07) is 16.3.